The molecule has 176 valence electrons. The number of fused-ring (bicyclic) bond motifs is 1. The number of nitrogens with zero attached hydrogens (tertiary/aromatic N) is 2. The molecule has 11 heteroatoms. The largest absolute Gasteiger partial charge is 0.374 e. The summed E-state index contributed by atoms with van der Waals surface area (Å²) in [6.45, 7) is 7.67. The third-order valence-electron chi connectivity index (χ3n) is 5.39. The minimum atomic E-state index is -3.89. The van der Waals surface area contributed by atoms with Gasteiger partial charge in [-0.25, -0.2) is 13.1 Å². The van der Waals surface area contributed by atoms with Crippen molar-refractivity contribution in [1.82, 2.24) is 9.78 Å². The molecule has 0 bridgehead atoms. The second-order valence-corrected chi connectivity index (χ2v) is 11.3. The van der Waals surface area contributed by atoms with Crippen molar-refractivity contribution >= 4 is 25.7 Å². The van der Waals surface area contributed by atoms with Crippen LogP contribution >= 0.6 is 0 Å². The van der Waals surface area contributed by atoms with Crippen LogP contribution in [-0.2, 0) is 31.2 Å². The van der Waals surface area contributed by atoms with E-state index >= 15 is 0 Å². The van der Waals surface area contributed by atoms with Crippen molar-refractivity contribution in [3.63, 3.8) is 0 Å². The van der Waals surface area contributed by atoms with Crippen molar-refractivity contribution < 1.29 is 30.6 Å². The molecule has 0 N–H and O–H groups in total. The molecule has 0 saturated heterocycles. The first-order valence-corrected chi connectivity index (χ1v) is 13.8. The molecule has 1 unspecified atom stereocenters. The van der Waals surface area contributed by atoms with E-state index in [-0.39, 0.29) is 33.4 Å². The molecule has 9 nitrogen and oxygen atoms in total. The summed E-state index contributed by atoms with van der Waals surface area (Å²) in [5, 5.41) is 4.10. The van der Waals surface area contributed by atoms with Crippen molar-refractivity contribution in [2.45, 2.75) is 58.1 Å². The van der Waals surface area contributed by atoms with E-state index in [0.29, 0.717) is 37.1 Å². The summed E-state index contributed by atoms with van der Waals surface area (Å²) in [7, 11) is -7.37. The normalized spacial score (nSPS) is 17.7. The van der Waals surface area contributed by atoms with Gasteiger partial charge in [-0.15, -0.1) is 0 Å². The predicted molar refractivity (Wildman–Crippen MR) is 118 cm³/mol. The average Bonchev–Trinajstić information content (AvgIpc) is 3.11. The maximum Gasteiger partial charge on any atom is 0.310 e. The SMILES string of the molecule is CCCS(=O)(=O)Oc1c(C(=O)c2ccc3c(c2C)C(OCC)CCS3(=O)=O)cnn1CC. The molecule has 1 aliphatic heterocycles. The average molecular weight is 485 g/mol. The minimum absolute atomic E-state index is 0.00112. The van der Waals surface area contributed by atoms with Crippen LogP contribution in [0.15, 0.2) is 23.2 Å². The van der Waals surface area contributed by atoms with Crippen LogP contribution in [-0.4, -0.2) is 50.5 Å². The summed E-state index contributed by atoms with van der Waals surface area (Å²) < 4.78 is 62.1. The van der Waals surface area contributed by atoms with Gasteiger partial charge in [0.2, 0.25) is 5.88 Å². The topological polar surface area (TPSA) is 122 Å². The first-order valence-electron chi connectivity index (χ1n) is 10.6. The van der Waals surface area contributed by atoms with Crippen molar-refractivity contribution in [3.05, 3.63) is 40.6 Å². The van der Waals surface area contributed by atoms with Gasteiger partial charge in [-0.1, -0.05) is 6.92 Å². The van der Waals surface area contributed by atoms with Crippen molar-refractivity contribution in [2.24, 2.45) is 0 Å². The van der Waals surface area contributed by atoms with Crippen molar-refractivity contribution in [1.29, 1.82) is 0 Å². The number of carbonyl (C=O) groups is 1. The number of ether oxygens (including phenoxy) is 1. The molecule has 0 radical (unpaired) electrons. The smallest absolute Gasteiger partial charge is 0.310 e. The van der Waals surface area contributed by atoms with Gasteiger partial charge >= 0.3 is 10.1 Å². The molecule has 3 rings (SSSR count). The zero-order valence-corrected chi connectivity index (χ0v) is 20.3. The van der Waals surface area contributed by atoms with Crippen LogP contribution in [0.3, 0.4) is 0 Å². The lowest BCUT2D eigenvalue weighted by Gasteiger charge is -2.28. The Bertz CT molecular complexity index is 1230. The van der Waals surface area contributed by atoms with E-state index in [4.69, 9.17) is 8.92 Å². The van der Waals surface area contributed by atoms with E-state index < -0.39 is 31.8 Å². The first-order chi connectivity index (χ1) is 15.1. The second kappa shape index (κ2) is 9.32. The number of carbonyl (C=O) groups excluding carboxylic acids is 1. The van der Waals surface area contributed by atoms with Crippen LogP contribution in [0.2, 0.25) is 0 Å². The molecule has 0 saturated carbocycles. The zero-order chi connectivity index (χ0) is 23.7. The highest BCUT2D eigenvalue weighted by Gasteiger charge is 2.34. The number of hydrogen-bond acceptors (Lipinski definition) is 8. The molecule has 1 atom stereocenters. The predicted octanol–water partition coefficient (Wildman–Crippen LogP) is 2.82. The Morgan fingerprint density at radius 1 is 1.22 bits per heavy atom. The molecule has 1 aliphatic rings. The number of sulfone groups is 1. The maximum absolute atomic E-state index is 13.5. The Morgan fingerprint density at radius 2 is 1.94 bits per heavy atom. The third kappa shape index (κ3) is 4.60. The number of hydrogen-bond donors (Lipinski definition) is 0. The highest BCUT2D eigenvalue weighted by atomic mass is 32.2. The summed E-state index contributed by atoms with van der Waals surface area (Å²) in [6, 6.07) is 2.88. The van der Waals surface area contributed by atoms with Crippen LogP contribution < -0.4 is 4.18 Å². The van der Waals surface area contributed by atoms with E-state index in [0.717, 1.165) is 0 Å². The van der Waals surface area contributed by atoms with Crippen LogP contribution in [0.5, 0.6) is 5.88 Å². The van der Waals surface area contributed by atoms with E-state index in [1.807, 2.05) is 6.92 Å². The molecule has 2 aromatic rings. The molecule has 0 amide bonds. The Labute approximate surface area is 188 Å². The Kier molecular flexibility index (Phi) is 7.11. The molecule has 1 aromatic carbocycles. The van der Waals surface area contributed by atoms with Crippen molar-refractivity contribution in [3.8, 4) is 5.88 Å². The maximum atomic E-state index is 13.5. The standard InChI is InChI=1S/C21H28N2O7S2/c1-5-11-32(27,28)30-21-16(13-22-23(21)6-2)20(24)15-8-9-18-19(14(15)4)17(29-7-3)10-12-31(18,25)26/h8-9,13,17H,5-7,10-12H2,1-4H3. The Balaban J connectivity index is 2.12. The first kappa shape index (κ1) is 24.4. The second-order valence-electron chi connectivity index (χ2n) is 7.55. The highest BCUT2D eigenvalue weighted by molar-refractivity contribution is 7.91. The van der Waals surface area contributed by atoms with Gasteiger partial charge in [-0.2, -0.15) is 13.5 Å². The summed E-state index contributed by atoms with van der Waals surface area (Å²) in [6.07, 6.45) is 1.51. The molecular weight excluding hydrogens is 456 g/mol. The Morgan fingerprint density at radius 3 is 2.56 bits per heavy atom. The van der Waals surface area contributed by atoms with Gasteiger partial charge in [0.25, 0.3) is 0 Å². The summed E-state index contributed by atoms with van der Waals surface area (Å²) in [5.74, 6) is -0.850. The summed E-state index contributed by atoms with van der Waals surface area (Å²) in [4.78, 5) is 13.6. The zero-order valence-electron chi connectivity index (χ0n) is 18.6. The number of benzene rings is 1. The van der Waals surface area contributed by atoms with Crippen LogP contribution in [0, 0.1) is 6.92 Å². The lowest BCUT2D eigenvalue weighted by molar-refractivity contribution is 0.0562. The number of rotatable bonds is 9. The lowest BCUT2D eigenvalue weighted by Crippen LogP contribution is -2.24. The highest BCUT2D eigenvalue weighted by Crippen LogP contribution is 2.39. The van der Waals surface area contributed by atoms with Crippen LogP contribution in [0.25, 0.3) is 0 Å². The number of ketones is 1. The molecule has 2 heterocycles. The van der Waals surface area contributed by atoms with Gasteiger partial charge in [0.1, 0.15) is 5.56 Å². The van der Waals surface area contributed by atoms with Gasteiger partial charge in [0.15, 0.2) is 15.6 Å². The van der Waals surface area contributed by atoms with Crippen molar-refractivity contribution in [2.75, 3.05) is 18.1 Å². The minimum Gasteiger partial charge on any atom is -0.374 e. The van der Waals surface area contributed by atoms with Crippen LogP contribution in [0.4, 0.5) is 0 Å². The van der Waals surface area contributed by atoms with Gasteiger partial charge < -0.3 is 8.92 Å². The fourth-order valence-corrected chi connectivity index (χ4v) is 6.54. The van der Waals surface area contributed by atoms with Gasteiger partial charge in [-0.05, 0) is 51.3 Å². The van der Waals surface area contributed by atoms with E-state index in [1.165, 1.54) is 23.0 Å². The molecule has 32 heavy (non-hydrogen) atoms. The molecule has 0 spiro atoms. The molecular formula is C21H28N2O7S2. The van der Waals surface area contributed by atoms with Gasteiger partial charge in [0.05, 0.1) is 28.7 Å². The number of aromatic nitrogens is 2. The van der Waals surface area contributed by atoms with E-state index in [1.54, 1.807) is 20.8 Å². The third-order valence-corrected chi connectivity index (χ3v) is 8.51. The summed E-state index contributed by atoms with van der Waals surface area (Å²) >= 11 is 0. The van der Waals surface area contributed by atoms with Gasteiger partial charge in [0, 0.05) is 24.3 Å². The van der Waals surface area contributed by atoms with Crippen LogP contribution in [0.1, 0.15) is 66.8 Å². The van der Waals surface area contributed by atoms with E-state index in [2.05, 4.69) is 5.10 Å². The Hall–Kier alpha value is -2.24. The monoisotopic (exact) mass is 484 g/mol. The lowest BCUT2D eigenvalue weighted by atomic mass is 9.93. The molecule has 1 aromatic heterocycles. The van der Waals surface area contributed by atoms with E-state index in [9.17, 15) is 21.6 Å². The summed E-state index contributed by atoms with van der Waals surface area (Å²) in [5.41, 5.74) is 1.22. The number of aryl methyl sites for hydroxylation is 1. The molecule has 0 aliphatic carbocycles. The molecule has 0 fully saturated rings. The fraction of sp³-hybridized carbons (Fsp3) is 0.524. The van der Waals surface area contributed by atoms with Gasteiger partial charge in [-0.3, -0.25) is 4.79 Å². The fourth-order valence-electron chi connectivity index (χ4n) is 3.91. The quantitative estimate of drug-likeness (QED) is 0.393.